The van der Waals surface area contributed by atoms with Crippen molar-refractivity contribution >= 4 is 34.0 Å². The van der Waals surface area contributed by atoms with Gasteiger partial charge in [-0.15, -0.1) is 0 Å². The van der Waals surface area contributed by atoms with E-state index in [0.717, 1.165) is 0 Å². The monoisotopic (exact) mass is 413 g/mol. The van der Waals surface area contributed by atoms with Crippen LogP contribution in [0.15, 0.2) is 55.0 Å². The normalized spacial score (nSPS) is 12.3. The molecule has 0 saturated carbocycles. The van der Waals surface area contributed by atoms with Gasteiger partial charge in [0.2, 0.25) is 0 Å². The van der Waals surface area contributed by atoms with Crippen LogP contribution in [0, 0.1) is 5.82 Å². The molecule has 0 radical (unpaired) electrons. The Morgan fingerprint density at radius 1 is 1.14 bits per heavy atom. The molecule has 1 atom stereocenters. The van der Waals surface area contributed by atoms with E-state index in [4.69, 9.17) is 16.7 Å². The molecular formula is C20H17ClFN5O2. The van der Waals surface area contributed by atoms with Gasteiger partial charge in [0, 0.05) is 28.7 Å². The molecule has 0 unspecified atom stereocenters. The summed E-state index contributed by atoms with van der Waals surface area (Å²) >= 11 is 5.99. The number of aliphatic hydroxyl groups is 2. The molecule has 7 nitrogen and oxygen atoms in total. The van der Waals surface area contributed by atoms with E-state index >= 15 is 0 Å². The smallest absolute Gasteiger partial charge is 0.134 e. The second-order valence-corrected chi connectivity index (χ2v) is 6.90. The first-order valence-corrected chi connectivity index (χ1v) is 9.21. The Labute approximate surface area is 170 Å². The van der Waals surface area contributed by atoms with E-state index in [-0.39, 0.29) is 13.2 Å². The van der Waals surface area contributed by atoms with Crippen molar-refractivity contribution in [1.29, 1.82) is 0 Å². The van der Waals surface area contributed by atoms with Gasteiger partial charge in [0.05, 0.1) is 36.8 Å². The largest absolute Gasteiger partial charge is 0.394 e. The van der Waals surface area contributed by atoms with Crippen LogP contribution in [0.4, 0.5) is 15.8 Å². The first kappa shape index (κ1) is 19.3. The van der Waals surface area contributed by atoms with Gasteiger partial charge in [-0.05, 0) is 36.4 Å². The number of hydrogen-bond donors (Lipinski definition) is 3. The Kier molecular flexibility index (Phi) is 5.39. The molecule has 3 N–H and O–H groups in total. The van der Waals surface area contributed by atoms with Crippen LogP contribution in [-0.4, -0.2) is 42.7 Å². The Hall–Kier alpha value is -3.07. The number of fused-ring (bicyclic) bond motifs is 1. The van der Waals surface area contributed by atoms with Crippen molar-refractivity contribution in [2.45, 2.75) is 12.6 Å². The van der Waals surface area contributed by atoms with Gasteiger partial charge in [-0.1, -0.05) is 11.6 Å². The number of anilines is 2. The summed E-state index contributed by atoms with van der Waals surface area (Å²) in [5.41, 5.74) is 3.36. The number of aromatic nitrogens is 4. The summed E-state index contributed by atoms with van der Waals surface area (Å²) in [5.74, 6) is -0.411. The summed E-state index contributed by atoms with van der Waals surface area (Å²) in [6.07, 6.45) is 4.00. The zero-order valence-corrected chi connectivity index (χ0v) is 15.9. The Morgan fingerprint density at radius 3 is 2.79 bits per heavy atom. The summed E-state index contributed by atoms with van der Waals surface area (Å²) in [7, 11) is 0. The van der Waals surface area contributed by atoms with Gasteiger partial charge in [-0.2, -0.15) is 5.10 Å². The first-order valence-electron chi connectivity index (χ1n) is 8.83. The van der Waals surface area contributed by atoms with E-state index in [1.807, 2.05) is 0 Å². The molecule has 4 rings (SSSR count). The first-order chi connectivity index (χ1) is 14.0. The number of halogens is 2. The fourth-order valence-electron chi connectivity index (χ4n) is 2.94. The van der Waals surface area contributed by atoms with Gasteiger partial charge < -0.3 is 15.5 Å². The predicted octanol–water partition coefficient (Wildman–Crippen LogP) is 3.38. The van der Waals surface area contributed by atoms with Gasteiger partial charge in [0.1, 0.15) is 16.9 Å². The van der Waals surface area contributed by atoms with Crippen LogP contribution in [0.5, 0.6) is 0 Å². The number of nitrogens with zero attached hydrogens (tertiary/aromatic N) is 4. The summed E-state index contributed by atoms with van der Waals surface area (Å²) in [5, 5.41) is 26.7. The van der Waals surface area contributed by atoms with Crippen LogP contribution in [0.1, 0.15) is 0 Å². The molecule has 0 saturated heterocycles. The molecule has 4 aromatic rings. The lowest BCUT2D eigenvalue weighted by Crippen LogP contribution is -2.19. The Balaban J connectivity index is 1.66. The van der Waals surface area contributed by atoms with E-state index in [9.17, 15) is 9.50 Å². The molecule has 0 aliphatic carbocycles. The highest BCUT2D eigenvalue weighted by atomic mass is 35.5. The molecule has 3 aromatic heterocycles. The highest BCUT2D eigenvalue weighted by Gasteiger charge is 2.12. The average molecular weight is 414 g/mol. The van der Waals surface area contributed by atoms with Crippen molar-refractivity contribution in [1.82, 2.24) is 19.7 Å². The molecule has 0 amide bonds. The van der Waals surface area contributed by atoms with Gasteiger partial charge >= 0.3 is 0 Å². The van der Waals surface area contributed by atoms with Crippen LogP contribution in [0.2, 0.25) is 5.02 Å². The third kappa shape index (κ3) is 4.19. The van der Waals surface area contributed by atoms with Gasteiger partial charge in [0.25, 0.3) is 0 Å². The summed E-state index contributed by atoms with van der Waals surface area (Å²) in [6.45, 7) is -0.200. The molecule has 0 aliphatic heterocycles. The van der Waals surface area contributed by atoms with E-state index < -0.39 is 11.9 Å². The minimum absolute atomic E-state index is 0.153. The Morgan fingerprint density at radius 2 is 1.97 bits per heavy atom. The zero-order valence-electron chi connectivity index (χ0n) is 15.1. The number of aliphatic hydroxyl groups excluding tert-OH is 2. The van der Waals surface area contributed by atoms with E-state index in [2.05, 4.69) is 20.4 Å². The second kappa shape index (κ2) is 8.12. The van der Waals surface area contributed by atoms with E-state index in [0.29, 0.717) is 38.7 Å². The van der Waals surface area contributed by atoms with Crippen molar-refractivity contribution in [2.75, 3.05) is 11.9 Å². The fourth-order valence-corrected chi connectivity index (χ4v) is 3.11. The second-order valence-electron chi connectivity index (χ2n) is 6.46. The van der Waals surface area contributed by atoms with Gasteiger partial charge in [-0.3, -0.25) is 14.6 Å². The maximum absolute atomic E-state index is 14.2. The summed E-state index contributed by atoms with van der Waals surface area (Å²) in [4.78, 5) is 8.52. The molecule has 0 aliphatic rings. The summed E-state index contributed by atoms with van der Waals surface area (Å²) in [6, 6.07) is 9.56. The molecule has 3 heterocycles. The highest BCUT2D eigenvalue weighted by Crippen LogP contribution is 2.29. The molecule has 9 heteroatoms. The molecular weight excluding hydrogens is 397 g/mol. The fraction of sp³-hybridized carbons (Fsp3) is 0.150. The highest BCUT2D eigenvalue weighted by molar-refractivity contribution is 6.30. The molecule has 29 heavy (non-hydrogen) atoms. The summed E-state index contributed by atoms with van der Waals surface area (Å²) < 4.78 is 15.7. The number of pyridine rings is 2. The minimum atomic E-state index is -0.906. The maximum atomic E-state index is 14.2. The molecule has 1 aromatic carbocycles. The van der Waals surface area contributed by atoms with Crippen LogP contribution in [0.25, 0.3) is 22.3 Å². The van der Waals surface area contributed by atoms with Gasteiger partial charge in [-0.25, -0.2) is 4.39 Å². The Bertz CT molecular complexity index is 1170. The third-order valence-electron chi connectivity index (χ3n) is 4.30. The molecule has 0 bridgehead atoms. The lowest BCUT2D eigenvalue weighted by Gasteiger charge is -2.09. The van der Waals surface area contributed by atoms with Gasteiger partial charge in [0.15, 0.2) is 0 Å². The number of nitrogens with one attached hydrogen (secondary N) is 1. The van der Waals surface area contributed by atoms with Crippen molar-refractivity contribution in [3.05, 3.63) is 65.8 Å². The quantitative estimate of drug-likeness (QED) is 0.448. The van der Waals surface area contributed by atoms with Crippen molar-refractivity contribution in [3.8, 4) is 11.3 Å². The van der Waals surface area contributed by atoms with E-state index in [1.165, 1.54) is 22.9 Å². The van der Waals surface area contributed by atoms with Crippen molar-refractivity contribution < 1.29 is 14.6 Å². The number of rotatable bonds is 6. The van der Waals surface area contributed by atoms with Crippen LogP contribution in [-0.2, 0) is 6.54 Å². The van der Waals surface area contributed by atoms with Crippen molar-refractivity contribution in [3.63, 3.8) is 0 Å². The predicted molar refractivity (Wildman–Crippen MR) is 109 cm³/mol. The molecule has 0 spiro atoms. The standard InChI is InChI=1S/C20H17ClFN5O2/c21-12-1-2-16(22)15(7-12)18-8-13(3-5-23-18)25-17-4-6-24-19-10-27(26-20(17)19)9-14(29)11-28/h1-8,10,14,28-29H,9,11H2,(H,23,25)/t14-/m1/s1. The van der Waals surface area contributed by atoms with Crippen LogP contribution < -0.4 is 5.32 Å². The van der Waals surface area contributed by atoms with Crippen molar-refractivity contribution in [2.24, 2.45) is 0 Å². The van der Waals surface area contributed by atoms with E-state index in [1.54, 1.807) is 36.8 Å². The average Bonchev–Trinajstić information content (AvgIpc) is 3.13. The number of benzene rings is 1. The molecule has 0 fully saturated rings. The topological polar surface area (TPSA) is 96.1 Å². The minimum Gasteiger partial charge on any atom is -0.394 e. The number of hydrogen-bond acceptors (Lipinski definition) is 6. The SMILES string of the molecule is OC[C@H](O)Cn1cc2nccc(Nc3ccnc(-c4cc(Cl)ccc4F)c3)c2n1. The van der Waals surface area contributed by atoms with Crippen LogP contribution >= 0.6 is 11.6 Å². The van der Waals surface area contributed by atoms with Crippen LogP contribution in [0.3, 0.4) is 0 Å². The lowest BCUT2D eigenvalue weighted by molar-refractivity contribution is 0.0784. The zero-order chi connectivity index (χ0) is 20.4. The lowest BCUT2D eigenvalue weighted by atomic mass is 10.1. The maximum Gasteiger partial charge on any atom is 0.134 e. The molecule has 148 valence electrons. The third-order valence-corrected chi connectivity index (χ3v) is 4.54.